The highest BCUT2D eigenvalue weighted by Crippen LogP contribution is 2.14. The molecule has 0 radical (unpaired) electrons. The van der Waals surface area contributed by atoms with E-state index in [0.717, 1.165) is 38.8 Å². The Morgan fingerprint density at radius 1 is 1.42 bits per heavy atom. The van der Waals surface area contributed by atoms with Crippen LogP contribution in [0.3, 0.4) is 0 Å². The maximum absolute atomic E-state index is 5.82. The molecule has 112 valence electrons. The minimum Gasteiger partial charge on any atom is -0.379 e. The van der Waals surface area contributed by atoms with Gasteiger partial charge in [0, 0.05) is 25.7 Å². The van der Waals surface area contributed by atoms with Crippen molar-refractivity contribution < 1.29 is 9.47 Å². The molecule has 0 aromatic carbocycles. The number of morpholine rings is 1. The Bertz CT molecular complexity index is 242. The van der Waals surface area contributed by atoms with E-state index in [1.807, 2.05) is 0 Å². The summed E-state index contributed by atoms with van der Waals surface area (Å²) < 4.78 is 11.6. The van der Waals surface area contributed by atoms with Gasteiger partial charge in [0.15, 0.2) is 0 Å². The fourth-order valence-electron chi connectivity index (χ4n) is 2.95. The second kappa shape index (κ2) is 8.20. The van der Waals surface area contributed by atoms with Crippen molar-refractivity contribution in [1.82, 2.24) is 10.2 Å². The number of piperidine rings is 1. The Morgan fingerprint density at radius 3 is 3.05 bits per heavy atom. The number of hydrogen-bond donors (Lipinski definition) is 1. The van der Waals surface area contributed by atoms with Crippen molar-refractivity contribution in [3.63, 3.8) is 0 Å². The molecule has 1 N–H and O–H groups in total. The fourth-order valence-corrected chi connectivity index (χ4v) is 2.95. The lowest BCUT2D eigenvalue weighted by Crippen LogP contribution is -2.47. The van der Waals surface area contributed by atoms with E-state index in [4.69, 9.17) is 9.47 Å². The normalized spacial score (nSPS) is 29.8. The number of nitrogens with zero attached hydrogens (tertiary/aromatic N) is 1. The maximum Gasteiger partial charge on any atom is 0.0935 e. The van der Waals surface area contributed by atoms with Crippen LogP contribution in [0.1, 0.15) is 33.1 Å². The first-order valence-corrected chi connectivity index (χ1v) is 7.90. The Balaban J connectivity index is 1.55. The fraction of sp³-hybridized carbons (Fsp3) is 1.00. The summed E-state index contributed by atoms with van der Waals surface area (Å²) in [5.41, 5.74) is 0. The first-order valence-electron chi connectivity index (χ1n) is 7.90. The third-order valence-corrected chi connectivity index (χ3v) is 4.27. The largest absolute Gasteiger partial charge is 0.379 e. The molecular formula is C15H30N2O2. The van der Waals surface area contributed by atoms with Crippen LogP contribution in [0.5, 0.6) is 0 Å². The molecule has 2 heterocycles. The van der Waals surface area contributed by atoms with Crippen LogP contribution in [0, 0.1) is 5.92 Å². The zero-order valence-electron chi connectivity index (χ0n) is 12.6. The SMILES string of the molecule is CC(C)N1CCOC(COCCC2CCCNC2)C1. The predicted molar refractivity (Wildman–Crippen MR) is 77.5 cm³/mol. The molecule has 2 atom stereocenters. The molecule has 0 spiro atoms. The van der Waals surface area contributed by atoms with Crippen LogP contribution in [-0.2, 0) is 9.47 Å². The van der Waals surface area contributed by atoms with E-state index in [0.29, 0.717) is 6.04 Å². The van der Waals surface area contributed by atoms with Gasteiger partial charge in [-0.15, -0.1) is 0 Å². The summed E-state index contributed by atoms with van der Waals surface area (Å²) in [6, 6.07) is 0.611. The van der Waals surface area contributed by atoms with E-state index in [2.05, 4.69) is 24.1 Å². The van der Waals surface area contributed by atoms with Crippen LogP contribution < -0.4 is 5.32 Å². The van der Waals surface area contributed by atoms with E-state index < -0.39 is 0 Å². The van der Waals surface area contributed by atoms with E-state index in [9.17, 15) is 0 Å². The number of ether oxygens (including phenoxy) is 2. The number of nitrogens with one attached hydrogen (secondary N) is 1. The van der Waals surface area contributed by atoms with Gasteiger partial charge in [-0.2, -0.15) is 0 Å². The molecule has 4 heteroatoms. The lowest BCUT2D eigenvalue weighted by atomic mass is 9.97. The van der Waals surface area contributed by atoms with Gasteiger partial charge in [-0.3, -0.25) is 4.90 Å². The molecule has 2 fully saturated rings. The van der Waals surface area contributed by atoms with Gasteiger partial charge in [0.25, 0.3) is 0 Å². The summed E-state index contributed by atoms with van der Waals surface area (Å²) in [6.45, 7) is 11.4. The molecule has 0 saturated carbocycles. The molecule has 19 heavy (non-hydrogen) atoms. The molecule has 2 unspecified atom stereocenters. The molecule has 2 saturated heterocycles. The first kappa shape index (κ1) is 15.2. The average Bonchev–Trinajstić information content (AvgIpc) is 2.45. The van der Waals surface area contributed by atoms with E-state index in [1.54, 1.807) is 0 Å². The zero-order chi connectivity index (χ0) is 13.5. The number of rotatable bonds is 6. The molecule has 2 rings (SSSR count). The topological polar surface area (TPSA) is 33.7 Å². The second-order valence-corrected chi connectivity index (χ2v) is 6.16. The highest BCUT2D eigenvalue weighted by atomic mass is 16.5. The quantitative estimate of drug-likeness (QED) is 0.742. The highest BCUT2D eigenvalue weighted by Gasteiger charge is 2.22. The van der Waals surface area contributed by atoms with Crippen LogP contribution in [0.2, 0.25) is 0 Å². The van der Waals surface area contributed by atoms with Crippen molar-refractivity contribution in [3.05, 3.63) is 0 Å². The van der Waals surface area contributed by atoms with Crippen LogP contribution in [0.25, 0.3) is 0 Å². The summed E-state index contributed by atoms with van der Waals surface area (Å²) >= 11 is 0. The van der Waals surface area contributed by atoms with Crippen molar-refractivity contribution >= 4 is 0 Å². The first-order chi connectivity index (χ1) is 9.25. The van der Waals surface area contributed by atoms with Crippen molar-refractivity contribution in [3.8, 4) is 0 Å². The van der Waals surface area contributed by atoms with E-state index in [1.165, 1.54) is 32.4 Å². The van der Waals surface area contributed by atoms with Crippen molar-refractivity contribution in [2.75, 3.05) is 46.0 Å². The molecule has 0 aliphatic carbocycles. The van der Waals surface area contributed by atoms with Gasteiger partial charge in [-0.25, -0.2) is 0 Å². The molecule has 2 aliphatic rings. The van der Waals surface area contributed by atoms with Crippen LogP contribution in [-0.4, -0.2) is 63.0 Å². The minimum absolute atomic E-state index is 0.264. The smallest absolute Gasteiger partial charge is 0.0935 e. The number of hydrogen-bond acceptors (Lipinski definition) is 4. The third-order valence-electron chi connectivity index (χ3n) is 4.27. The zero-order valence-corrected chi connectivity index (χ0v) is 12.6. The lowest BCUT2D eigenvalue weighted by Gasteiger charge is -2.35. The van der Waals surface area contributed by atoms with Gasteiger partial charge >= 0.3 is 0 Å². The summed E-state index contributed by atoms with van der Waals surface area (Å²) in [5, 5.41) is 3.46. The summed E-state index contributed by atoms with van der Waals surface area (Å²) in [6.07, 6.45) is 4.13. The predicted octanol–water partition coefficient (Wildman–Crippen LogP) is 1.50. The average molecular weight is 270 g/mol. The third kappa shape index (κ3) is 5.38. The van der Waals surface area contributed by atoms with Gasteiger partial charge in [-0.05, 0) is 52.1 Å². The standard InChI is InChI=1S/C15H30N2O2/c1-13(2)17-7-9-19-15(11-17)12-18-8-5-14-4-3-6-16-10-14/h13-16H,3-12H2,1-2H3. The molecule has 2 aliphatic heterocycles. The highest BCUT2D eigenvalue weighted by molar-refractivity contribution is 4.74. The van der Waals surface area contributed by atoms with Gasteiger partial charge in [-0.1, -0.05) is 0 Å². The molecule has 0 aromatic heterocycles. The Labute approximate surface area is 117 Å². The van der Waals surface area contributed by atoms with Gasteiger partial charge < -0.3 is 14.8 Å². The molecular weight excluding hydrogens is 240 g/mol. The molecule has 0 bridgehead atoms. The van der Waals surface area contributed by atoms with Crippen LogP contribution in [0.4, 0.5) is 0 Å². The van der Waals surface area contributed by atoms with Crippen LogP contribution in [0.15, 0.2) is 0 Å². The van der Waals surface area contributed by atoms with Gasteiger partial charge in [0.1, 0.15) is 0 Å². The van der Waals surface area contributed by atoms with E-state index >= 15 is 0 Å². The molecule has 0 aromatic rings. The second-order valence-electron chi connectivity index (χ2n) is 6.16. The Morgan fingerprint density at radius 2 is 2.32 bits per heavy atom. The van der Waals surface area contributed by atoms with Crippen molar-refractivity contribution in [2.24, 2.45) is 5.92 Å². The molecule has 4 nitrogen and oxygen atoms in total. The van der Waals surface area contributed by atoms with E-state index in [-0.39, 0.29) is 6.10 Å². The lowest BCUT2D eigenvalue weighted by molar-refractivity contribution is -0.0770. The monoisotopic (exact) mass is 270 g/mol. The molecule has 0 amide bonds. The summed E-state index contributed by atoms with van der Waals surface area (Å²) in [4.78, 5) is 2.47. The van der Waals surface area contributed by atoms with Crippen molar-refractivity contribution in [1.29, 1.82) is 0 Å². The van der Waals surface area contributed by atoms with Crippen molar-refractivity contribution in [2.45, 2.75) is 45.3 Å². The Hall–Kier alpha value is -0.160. The van der Waals surface area contributed by atoms with Gasteiger partial charge in [0.2, 0.25) is 0 Å². The Kier molecular flexibility index (Phi) is 6.57. The minimum atomic E-state index is 0.264. The summed E-state index contributed by atoms with van der Waals surface area (Å²) in [7, 11) is 0. The maximum atomic E-state index is 5.82. The van der Waals surface area contributed by atoms with Crippen LogP contribution >= 0.6 is 0 Å². The van der Waals surface area contributed by atoms with Gasteiger partial charge in [0.05, 0.1) is 19.3 Å². The summed E-state index contributed by atoms with van der Waals surface area (Å²) in [5.74, 6) is 0.813.